The fourth-order valence-corrected chi connectivity index (χ4v) is 2.56. The highest BCUT2D eigenvalue weighted by Crippen LogP contribution is 2.18. The van der Waals surface area contributed by atoms with Crippen LogP contribution in [0.25, 0.3) is 0 Å². The second kappa shape index (κ2) is 6.42. The molecule has 0 saturated heterocycles. The highest BCUT2D eigenvalue weighted by atomic mass is 32.2. The smallest absolute Gasteiger partial charge is 0.335 e. The zero-order chi connectivity index (χ0) is 14.6. The molecular weight excluding hydrogens is 273 g/mol. The maximum atomic E-state index is 13.6. The molecule has 0 aliphatic rings. The molecular formula is C12H14FNO4S. The van der Waals surface area contributed by atoms with Crippen LogP contribution in [0.5, 0.6) is 0 Å². The average molecular weight is 287 g/mol. The molecule has 0 saturated carbocycles. The minimum Gasteiger partial charge on any atom is -0.478 e. The van der Waals surface area contributed by atoms with E-state index < -0.39 is 33.7 Å². The first-order valence-corrected chi connectivity index (χ1v) is 6.81. The number of carboxylic acids is 1. The van der Waals surface area contributed by atoms with E-state index in [1.54, 1.807) is 6.92 Å². The average Bonchev–Trinajstić information content (AvgIpc) is 2.37. The van der Waals surface area contributed by atoms with Crippen LogP contribution in [-0.4, -0.2) is 33.0 Å². The van der Waals surface area contributed by atoms with Crippen molar-refractivity contribution in [3.8, 4) is 0 Å². The monoisotopic (exact) mass is 287 g/mol. The van der Waals surface area contributed by atoms with Crippen molar-refractivity contribution in [1.82, 2.24) is 5.32 Å². The van der Waals surface area contributed by atoms with Gasteiger partial charge in [0, 0.05) is 6.54 Å². The van der Waals surface area contributed by atoms with Crippen molar-refractivity contribution in [2.45, 2.75) is 24.0 Å². The number of benzene rings is 1. The van der Waals surface area contributed by atoms with Gasteiger partial charge in [-0.05, 0) is 32.0 Å². The molecule has 0 fully saturated rings. The van der Waals surface area contributed by atoms with Crippen LogP contribution in [0.3, 0.4) is 0 Å². The number of hydrogen-bond acceptors (Lipinski definition) is 3. The van der Waals surface area contributed by atoms with Gasteiger partial charge in [-0.15, -0.1) is 0 Å². The van der Waals surface area contributed by atoms with Gasteiger partial charge in [-0.2, -0.15) is 0 Å². The van der Waals surface area contributed by atoms with Crippen molar-refractivity contribution in [3.63, 3.8) is 0 Å². The molecule has 0 aliphatic heterocycles. The molecule has 0 aromatic heterocycles. The summed E-state index contributed by atoms with van der Waals surface area (Å²) < 4.78 is 25.6. The van der Waals surface area contributed by atoms with Crippen LogP contribution in [0, 0.1) is 5.82 Å². The largest absolute Gasteiger partial charge is 0.478 e. The molecule has 0 aliphatic carbocycles. The number of halogens is 1. The molecule has 0 heterocycles. The van der Waals surface area contributed by atoms with Crippen molar-refractivity contribution in [3.05, 3.63) is 29.6 Å². The van der Waals surface area contributed by atoms with Crippen LogP contribution in [0.4, 0.5) is 4.39 Å². The Hall–Kier alpha value is -1.76. The number of nitrogens with one attached hydrogen (secondary N) is 1. The van der Waals surface area contributed by atoms with Crippen LogP contribution in [0.1, 0.15) is 24.2 Å². The first-order chi connectivity index (χ1) is 8.88. The number of aromatic carboxylic acids is 1. The highest BCUT2D eigenvalue weighted by molar-refractivity contribution is 7.86. The Labute approximate surface area is 112 Å². The SMILES string of the molecule is CCNC(=O)C(C)S(=O)c1cc(C(=O)O)ccc1F. The van der Waals surface area contributed by atoms with E-state index in [1.807, 2.05) is 0 Å². The Bertz CT molecular complexity index is 532. The number of carbonyl (C=O) groups excluding carboxylic acids is 1. The summed E-state index contributed by atoms with van der Waals surface area (Å²) >= 11 is 0. The predicted molar refractivity (Wildman–Crippen MR) is 67.9 cm³/mol. The molecule has 1 amide bonds. The third-order valence-electron chi connectivity index (χ3n) is 2.44. The fourth-order valence-electron chi connectivity index (χ4n) is 1.40. The first-order valence-electron chi connectivity index (χ1n) is 5.59. The second-order valence-corrected chi connectivity index (χ2v) is 5.53. The van der Waals surface area contributed by atoms with Gasteiger partial charge < -0.3 is 10.4 Å². The predicted octanol–water partition coefficient (Wildman–Crippen LogP) is 1.16. The summed E-state index contributed by atoms with van der Waals surface area (Å²) in [6.45, 7) is 3.48. The Morgan fingerprint density at radius 1 is 1.47 bits per heavy atom. The van der Waals surface area contributed by atoms with E-state index in [0.717, 1.165) is 18.2 Å². The summed E-state index contributed by atoms with van der Waals surface area (Å²) in [4.78, 5) is 22.1. The molecule has 1 aromatic carbocycles. The van der Waals surface area contributed by atoms with Crippen molar-refractivity contribution in [2.75, 3.05) is 6.54 Å². The fraction of sp³-hybridized carbons (Fsp3) is 0.333. The zero-order valence-electron chi connectivity index (χ0n) is 10.5. The van der Waals surface area contributed by atoms with Gasteiger partial charge in [-0.25, -0.2) is 9.18 Å². The van der Waals surface area contributed by atoms with Crippen LogP contribution in [0.15, 0.2) is 23.1 Å². The third-order valence-corrected chi connectivity index (χ3v) is 4.04. The molecule has 5 nitrogen and oxygen atoms in total. The Balaban J connectivity index is 3.08. The summed E-state index contributed by atoms with van der Waals surface area (Å²) in [5.74, 6) is -2.51. The van der Waals surface area contributed by atoms with Gasteiger partial charge in [0.15, 0.2) is 0 Å². The molecule has 1 aromatic rings. The summed E-state index contributed by atoms with van der Waals surface area (Å²) in [6, 6.07) is 3.00. The van der Waals surface area contributed by atoms with Gasteiger partial charge in [0.05, 0.1) is 21.3 Å². The number of hydrogen-bond donors (Lipinski definition) is 2. The minimum atomic E-state index is -1.95. The van der Waals surface area contributed by atoms with Gasteiger partial charge in [0.25, 0.3) is 0 Å². The summed E-state index contributed by atoms with van der Waals surface area (Å²) in [5.41, 5.74) is -0.173. The lowest BCUT2D eigenvalue weighted by Gasteiger charge is -2.12. The van der Waals surface area contributed by atoms with E-state index in [0.29, 0.717) is 6.54 Å². The minimum absolute atomic E-state index is 0.173. The Kier molecular flexibility index (Phi) is 5.17. The number of amides is 1. The van der Waals surface area contributed by atoms with Crippen LogP contribution in [0.2, 0.25) is 0 Å². The van der Waals surface area contributed by atoms with Gasteiger partial charge >= 0.3 is 5.97 Å². The van der Waals surface area contributed by atoms with Gasteiger partial charge in [-0.3, -0.25) is 9.00 Å². The molecule has 19 heavy (non-hydrogen) atoms. The lowest BCUT2D eigenvalue weighted by molar-refractivity contribution is -0.120. The maximum absolute atomic E-state index is 13.6. The lowest BCUT2D eigenvalue weighted by atomic mass is 10.2. The highest BCUT2D eigenvalue weighted by Gasteiger charge is 2.24. The van der Waals surface area contributed by atoms with Crippen molar-refractivity contribution in [1.29, 1.82) is 0 Å². The van der Waals surface area contributed by atoms with E-state index in [-0.39, 0.29) is 10.5 Å². The van der Waals surface area contributed by atoms with Gasteiger partial charge in [0.1, 0.15) is 11.1 Å². The van der Waals surface area contributed by atoms with Crippen LogP contribution in [-0.2, 0) is 15.6 Å². The normalized spacial score (nSPS) is 13.6. The van der Waals surface area contributed by atoms with Crippen LogP contribution >= 0.6 is 0 Å². The van der Waals surface area contributed by atoms with Gasteiger partial charge in [0.2, 0.25) is 5.91 Å². The Morgan fingerprint density at radius 3 is 2.63 bits per heavy atom. The zero-order valence-corrected chi connectivity index (χ0v) is 11.3. The number of carboxylic acid groups (broad SMARTS) is 1. The Morgan fingerprint density at radius 2 is 2.11 bits per heavy atom. The standard InChI is InChI=1S/C12H14FNO4S/c1-3-14-11(15)7(2)19(18)10-6-8(12(16)17)4-5-9(10)13/h4-7H,3H2,1-2H3,(H,14,15)(H,16,17). The molecule has 2 unspecified atom stereocenters. The summed E-state index contributed by atoms with van der Waals surface area (Å²) in [5, 5.41) is 10.3. The van der Waals surface area contributed by atoms with Crippen LogP contribution < -0.4 is 5.32 Å². The van der Waals surface area contributed by atoms with Crippen molar-refractivity contribution >= 4 is 22.7 Å². The van der Waals surface area contributed by atoms with Gasteiger partial charge in [-0.1, -0.05) is 0 Å². The summed E-state index contributed by atoms with van der Waals surface area (Å²) in [6.07, 6.45) is 0. The van der Waals surface area contributed by atoms with E-state index in [9.17, 15) is 18.2 Å². The topological polar surface area (TPSA) is 83.5 Å². The van der Waals surface area contributed by atoms with Crippen molar-refractivity contribution < 1.29 is 23.3 Å². The second-order valence-electron chi connectivity index (χ2n) is 3.78. The molecule has 0 spiro atoms. The molecule has 2 atom stereocenters. The lowest BCUT2D eigenvalue weighted by Crippen LogP contribution is -2.35. The van der Waals surface area contributed by atoms with E-state index in [2.05, 4.69) is 5.32 Å². The number of carbonyl (C=O) groups is 2. The quantitative estimate of drug-likeness (QED) is 0.851. The molecule has 1 rings (SSSR count). The molecule has 104 valence electrons. The first kappa shape index (κ1) is 15.3. The molecule has 0 radical (unpaired) electrons. The van der Waals surface area contributed by atoms with Crippen molar-refractivity contribution in [2.24, 2.45) is 0 Å². The molecule has 7 heteroatoms. The maximum Gasteiger partial charge on any atom is 0.335 e. The van der Waals surface area contributed by atoms with E-state index in [1.165, 1.54) is 6.92 Å². The number of rotatable bonds is 5. The molecule has 0 bridgehead atoms. The molecule has 2 N–H and O–H groups in total. The van der Waals surface area contributed by atoms with E-state index in [4.69, 9.17) is 5.11 Å². The third kappa shape index (κ3) is 3.60. The summed E-state index contributed by atoms with van der Waals surface area (Å²) in [7, 11) is -1.95. The van der Waals surface area contributed by atoms with E-state index >= 15 is 0 Å².